The fraction of sp³-hybridized carbons (Fsp3) is 0.308. The summed E-state index contributed by atoms with van der Waals surface area (Å²) in [4.78, 5) is 28.7. The number of oxazole rings is 1. The van der Waals surface area contributed by atoms with Gasteiger partial charge in [0.15, 0.2) is 11.5 Å². The molecule has 2 heterocycles. The number of aryl methyl sites for hydroxylation is 1. The number of anilines is 1. The van der Waals surface area contributed by atoms with Crippen LogP contribution in [0.4, 0.5) is 5.69 Å². The molecule has 6 nitrogen and oxygen atoms in total. The molecule has 0 bridgehead atoms. The number of hydrogen-bond donors (Lipinski definition) is 1. The monoisotopic (exact) mass is 260 g/mol. The summed E-state index contributed by atoms with van der Waals surface area (Å²) in [7, 11) is 0. The van der Waals surface area contributed by atoms with Gasteiger partial charge in [0.1, 0.15) is 5.52 Å². The zero-order chi connectivity index (χ0) is 13.6. The number of carbonyl (C=O) groups is 2. The Labute approximate surface area is 108 Å². The first-order valence-corrected chi connectivity index (χ1v) is 5.95. The van der Waals surface area contributed by atoms with E-state index in [-0.39, 0.29) is 18.9 Å². The van der Waals surface area contributed by atoms with E-state index in [0.717, 1.165) is 0 Å². The molecule has 1 aromatic heterocycles. The van der Waals surface area contributed by atoms with Gasteiger partial charge in [-0.25, -0.2) is 4.98 Å². The van der Waals surface area contributed by atoms with Crippen LogP contribution in [-0.2, 0) is 9.59 Å². The molecule has 6 heteroatoms. The van der Waals surface area contributed by atoms with Crippen molar-refractivity contribution in [2.45, 2.75) is 13.3 Å². The smallest absolute Gasteiger partial charge is 0.308 e. The van der Waals surface area contributed by atoms with Crippen LogP contribution in [0.25, 0.3) is 11.1 Å². The normalized spacial score (nSPS) is 19.3. The molecule has 0 radical (unpaired) electrons. The van der Waals surface area contributed by atoms with Gasteiger partial charge in [-0.2, -0.15) is 0 Å². The summed E-state index contributed by atoms with van der Waals surface area (Å²) in [6, 6.07) is 5.30. The van der Waals surface area contributed by atoms with Gasteiger partial charge in [-0.3, -0.25) is 9.59 Å². The van der Waals surface area contributed by atoms with Crippen molar-refractivity contribution in [3.63, 3.8) is 0 Å². The Hall–Kier alpha value is -2.37. The van der Waals surface area contributed by atoms with Crippen LogP contribution < -0.4 is 4.90 Å². The third kappa shape index (κ3) is 1.85. The standard InChI is InChI=1S/C13H12N2O4/c1-7-14-12-9(3-2-4-10(12)19-7)15-6-8(13(17)18)5-11(15)16/h2-4,8H,5-6H2,1H3,(H,17,18). The average Bonchev–Trinajstić information content (AvgIpc) is 2.90. The zero-order valence-corrected chi connectivity index (χ0v) is 10.3. The number of fused-ring (bicyclic) bond motifs is 1. The number of para-hydroxylation sites is 1. The summed E-state index contributed by atoms with van der Waals surface area (Å²) in [6.45, 7) is 1.91. The van der Waals surface area contributed by atoms with Gasteiger partial charge in [0.2, 0.25) is 5.91 Å². The van der Waals surface area contributed by atoms with Crippen LogP contribution in [-0.4, -0.2) is 28.5 Å². The number of carboxylic acids is 1. The molecule has 1 saturated heterocycles. The molecule has 1 N–H and O–H groups in total. The Balaban J connectivity index is 2.05. The van der Waals surface area contributed by atoms with Crippen molar-refractivity contribution in [3.05, 3.63) is 24.1 Å². The molecule has 0 spiro atoms. The van der Waals surface area contributed by atoms with Crippen molar-refractivity contribution >= 4 is 28.7 Å². The van der Waals surface area contributed by atoms with Crippen LogP contribution in [0.3, 0.4) is 0 Å². The molecular weight excluding hydrogens is 248 g/mol. The number of aromatic nitrogens is 1. The van der Waals surface area contributed by atoms with Crippen LogP contribution in [0.2, 0.25) is 0 Å². The van der Waals surface area contributed by atoms with Gasteiger partial charge in [0.25, 0.3) is 0 Å². The number of aliphatic carboxylic acids is 1. The quantitative estimate of drug-likeness (QED) is 0.886. The molecule has 1 aromatic carbocycles. The highest BCUT2D eigenvalue weighted by Gasteiger charge is 2.36. The van der Waals surface area contributed by atoms with Crippen molar-refractivity contribution in [1.82, 2.24) is 4.98 Å². The highest BCUT2D eigenvalue weighted by molar-refractivity contribution is 6.04. The summed E-state index contributed by atoms with van der Waals surface area (Å²) >= 11 is 0. The van der Waals surface area contributed by atoms with Crippen LogP contribution in [0.15, 0.2) is 22.6 Å². The van der Waals surface area contributed by atoms with Gasteiger partial charge in [0.05, 0.1) is 11.6 Å². The maximum Gasteiger partial charge on any atom is 0.308 e. The third-order valence-corrected chi connectivity index (χ3v) is 3.27. The van der Waals surface area contributed by atoms with Gasteiger partial charge < -0.3 is 14.4 Å². The van der Waals surface area contributed by atoms with Crippen LogP contribution in [0.5, 0.6) is 0 Å². The lowest BCUT2D eigenvalue weighted by atomic mass is 10.1. The van der Waals surface area contributed by atoms with E-state index in [4.69, 9.17) is 9.52 Å². The van der Waals surface area contributed by atoms with E-state index in [0.29, 0.717) is 22.7 Å². The molecular formula is C13H12N2O4. The summed E-state index contributed by atoms with van der Waals surface area (Å²) in [6.07, 6.45) is 0.0303. The van der Waals surface area contributed by atoms with E-state index in [1.807, 2.05) is 0 Å². The van der Waals surface area contributed by atoms with E-state index in [2.05, 4.69) is 4.98 Å². The van der Waals surface area contributed by atoms with Crippen LogP contribution in [0.1, 0.15) is 12.3 Å². The summed E-state index contributed by atoms with van der Waals surface area (Å²) < 4.78 is 5.41. The van der Waals surface area contributed by atoms with Crippen LogP contribution >= 0.6 is 0 Å². The molecule has 1 aliphatic rings. The highest BCUT2D eigenvalue weighted by Crippen LogP contribution is 2.31. The van der Waals surface area contributed by atoms with Crippen molar-refractivity contribution in [2.75, 3.05) is 11.4 Å². The van der Waals surface area contributed by atoms with Crippen molar-refractivity contribution < 1.29 is 19.1 Å². The average molecular weight is 260 g/mol. The van der Waals surface area contributed by atoms with Crippen molar-refractivity contribution in [2.24, 2.45) is 5.92 Å². The molecule has 19 heavy (non-hydrogen) atoms. The number of carboxylic acid groups (broad SMARTS) is 1. The first kappa shape index (κ1) is 11.7. The van der Waals surface area contributed by atoms with Gasteiger partial charge in [-0.05, 0) is 12.1 Å². The maximum atomic E-state index is 11.9. The topological polar surface area (TPSA) is 83.6 Å². The first-order valence-electron chi connectivity index (χ1n) is 5.95. The van der Waals surface area contributed by atoms with E-state index in [1.165, 1.54) is 4.90 Å². The van der Waals surface area contributed by atoms with Crippen LogP contribution in [0, 0.1) is 12.8 Å². The van der Waals surface area contributed by atoms with Gasteiger partial charge in [-0.1, -0.05) is 6.07 Å². The Morgan fingerprint density at radius 3 is 3.00 bits per heavy atom. The molecule has 1 fully saturated rings. The lowest BCUT2D eigenvalue weighted by Gasteiger charge is -2.16. The fourth-order valence-corrected chi connectivity index (χ4v) is 2.37. The second kappa shape index (κ2) is 4.08. The SMILES string of the molecule is Cc1nc2c(N3CC(C(=O)O)CC3=O)cccc2o1. The molecule has 98 valence electrons. The molecule has 0 aliphatic carbocycles. The van der Waals surface area contributed by atoms with E-state index in [9.17, 15) is 9.59 Å². The summed E-state index contributed by atoms with van der Waals surface area (Å²) in [5, 5.41) is 9.00. The Bertz CT molecular complexity index is 676. The number of benzene rings is 1. The predicted octanol–water partition coefficient (Wildman–Crippen LogP) is 1.57. The second-order valence-electron chi connectivity index (χ2n) is 4.60. The van der Waals surface area contributed by atoms with Gasteiger partial charge >= 0.3 is 5.97 Å². The molecule has 2 aromatic rings. The van der Waals surface area contributed by atoms with E-state index in [1.54, 1.807) is 25.1 Å². The Morgan fingerprint density at radius 1 is 1.53 bits per heavy atom. The maximum absolute atomic E-state index is 11.9. The Kier molecular flexibility index (Phi) is 2.51. The summed E-state index contributed by atoms with van der Waals surface area (Å²) in [5.41, 5.74) is 1.81. The number of hydrogen-bond acceptors (Lipinski definition) is 4. The van der Waals surface area contributed by atoms with Crippen molar-refractivity contribution in [1.29, 1.82) is 0 Å². The number of amides is 1. The minimum Gasteiger partial charge on any atom is -0.481 e. The third-order valence-electron chi connectivity index (χ3n) is 3.27. The minimum absolute atomic E-state index is 0.0303. The molecule has 1 amide bonds. The molecule has 0 saturated carbocycles. The Morgan fingerprint density at radius 2 is 2.32 bits per heavy atom. The summed E-state index contributed by atoms with van der Waals surface area (Å²) in [5.74, 6) is -1.28. The van der Waals surface area contributed by atoms with Gasteiger partial charge in [-0.15, -0.1) is 0 Å². The highest BCUT2D eigenvalue weighted by atomic mass is 16.4. The van der Waals surface area contributed by atoms with Gasteiger partial charge in [0, 0.05) is 19.9 Å². The molecule has 1 aliphatic heterocycles. The van der Waals surface area contributed by atoms with E-state index >= 15 is 0 Å². The van der Waals surface area contributed by atoms with E-state index < -0.39 is 11.9 Å². The lowest BCUT2D eigenvalue weighted by molar-refractivity contribution is -0.141. The predicted molar refractivity (Wildman–Crippen MR) is 66.8 cm³/mol. The first-order chi connectivity index (χ1) is 9.06. The largest absolute Gasteiger partial charge is 0.481 e. The number of carbonyl (C=O) groups excluding carboxylic acids is 1. The number of nitrogens with zero attached hydrogens (tertiary/aromatic N) is 2. The lowest BCUT2D eigenvalue weighted by Crippen LogP contribution is -2.26. The fourth-order valence-electron chi connectivity index (χ4n) is 2.37. The molecule has 1 atom stereocenters. The zero-order valence-electron chi connectivity index (χ0n) is 10.3. The minimum atomic E-state index is -0.945. The van der Waals surface area contributed by atoms with Crippen molar-refractivity contribution in [3.8, 4) is 0 Å². The number of rotatable bonds is 2. The second-order valence-corrected chi connectivity index (χ2v) is 4.60. The molecule has 1 unspecified atom stereocenters. The molecule has 3 rings (SSSR count).